The first kappa shape index (κ1) is 15.6. The van der Waals surface area contributed by atoms with E-state index in [1.54, 1.807) is 12.1 Å². The van der Waals surface area contributed by atoms with Gasteiger partial charge in [-0.05, 0) is 60.4 Å². The Hall–Kier alpha value is -0.770. The maximum Gasteiger partial charge on any atom is 0.0503 e. The number of nitrogens with two attached hydrogens (primary N) is 1. The first-order valence-corrected chi connectivity index (χ1v) is 7.30. The van der Waals surface area contributed by atoms with Gasteiger partial charge < -0.3 is 0 Å². The van der Waals surface area contributed by atoms with Crippen LogP contribution in [0.4, 0.5) is 0 Å². The lowest BCUT2D eigenvalue weighted by Gasteiger charge is -2.19. The Bertz CT molecular complexity index is 614. The molecule has 20 heavy (non-hydrogen) atoms. The van der Waals surface area contributed by atoms with Crippen molar-refractivity contribution in [2.24, 2.45) is 5.84 Å². The van der Waals surface area contributed by atoms with Crippen LogP contribution in [0.3, 0.4) is 0 Å². The molecule has 0 aliphatic rings. The van der Waals surface area contributed by atoms with Gasteiger partial charge in [-0.1, -0.05) is 40.9 Å². The van der Waals surface area contributed by atoms with Gasteiger partial charge >= 0.3 is 0 Å². The van der Waals surface area contributed by atoms with E-state index in [0.29, 0.717) is 21.5 Å². The van der Waals surface area contributed by atoms with E-state index >= 15 is 0 Å². The van der Waals surface area contributed by atoms with Crippen molar-refractivity contribution in [3.63, 3.8) is 0 Å². The Morgan fingerprint density at radius 2 is 1.70 bits per heavy atom. The molecule has 3 N–H and O–H groups in total. The minimum absolute atomic E-state index is 0.0790. The highest BCUT2D eigenvalue weighted by Gasteiger charge is 2.15. The molecule has 2 nitrogen and oxygen atoms in total. The van der Waals surface area contributed by atoms with Crippen LogP contribution in [0.25, 0.3) is 0 Å². The van der Waals surface area contributed by atoms with Crippen LogP contribution < -0.4 is 11.3 Å². The molecule has 1 atom stereocenters. The summed E-state index contributed by atoms with van der Waals surface area (Å²) in [4.78, 5) is 0. The second-order valence-electron chi connectivity index (χ2n) is 4.66. The average Bonchev–Trinajstić information content (AvgIpc) is 2.42. The second kappa shape index (κ2) is 6.79. The number of hydrogen-bond acceptors (Lipinski definition) is 2. The number of benzene rings is 2. The summed E-state index contributed by atoms with van der Waals surface area (Å²) in [5, 5.41) is 2.01. The van der Waals surface area contributed by atoms with Gasteiger partial charge in [0, 0.05) is 15.1 Å². The van der Waals surface area contributed by atoms with E-state index in [-0.39, 0.29) is 6.04 Å². The molecule has 0 fully saturated rings. The smallest absolute Gasteiger partial charge is 0.0503 e. The number of halogens is 3. The Morgan fingerprint density at radius 1 is 1.05 bits per heavy atom. The topological polar surface area (TPSA) is 38.0 Å². The Balaban J connectivity index is 2.33. The third-order valence-electron chi connectivity index (χ3n) is 3.25. The molecule has 0 aromatic heterocycles. The van der Waals surface area contributed by atoms with Crippen molar-refractivity contribution in [2.45, 2.75) is 19.4 Å². The van der Waals surface area contributed by atoms with E-state index in [0.717, 1.165) is 16.7 Å². The van der Waals surface area contributed by atoms with Crippen LogP contribution in [0.15, 0.2) is 36.4 Å². The minimum atomic E-state index is -0.0790. The van der Waals surface area contributed by atoms with Crippen molar-refractivity contribution in [1.29, 1.82) is 0 Å². The first-order valence-electron chi connectivity index (χ1n) is 6.17. The normalized spacial score (nSPS) is 12.4. The molecule has 0 spiro atoms. The lowest BCUT2D eigenvalue weighted by atomic mass is 9.96. The minimum Gasteiger partial charge on any atom is -0.271 e. The van der Waals surface area contributed by atoms with Crippen LogP contribution in [-0.4, -0.2) is 0 Å². The summed E-state index contributed by atoms with van der Waals surface area (Å²) in [6.45, 7) is 2.02. The zero-order valence-electron chi connectivity index (χ0n) is 11.0. The van der Waals surface area contributed by atoms with Crippen molar-refractivity contribution in [3.8, 4) is 0 Å². The van der Waals surface area contributed by atoms with Crippen molar-refractivity contribution >= 4 is 34.8 Å². The lowest BCUT2D eigenvalue weighted by Crippen LogP contribution is -2.30. The summed E-state index contributed by atoms with van der Waals surface area (Å²) < 4.78 is 0. The number of aryl methyl sites for hydroxylation is 1. The van der Waals surface area contributed by atoms with Gasteiger partial charge in [0.25, 0.3) is 0 Å². The van der Waals surface area contributed by atoms with Gasteiger partial charge in [-0.2, -0.15) is 0 Å². The third-order valence-corrected chi connectivity index (χ3v) is 4.09. The van der Waals surface area contributed by atoms with Crippen LogP contribution in [-0.2, 0) is 6.42 Å². The Labute approximate surface area is 133 Å². The standard InChI is InChI=1S/C15H15Cl3N2/c1-9-2-3-12(17)8-13(9)15(20-19)7-10-6-11(16)4-5-14(10)18/h2-6,8,15,20H,7,19H2,1H3. The average molecular weight is 330 g/mol. The van der Waals surface area contributed by atoms with Gasteiger partial charge in [0.1, 0.15) is 0 Å². The van der Waals surface area contributed by atoms with E-state index in [1.807, 2.05) is 31.2 Å². The van der Waals surface area contributed by atoms with Crippen molar-refractivity contribution in [1.82, 2.24) is 5.43 Å². The van der Waals surface area contributed by atoms with Crippen molar-refractivity contribution in [3.05, 3.63) is 68.2 Å². The molecule has 0 heterocycles. The molecular weight excluding hydrogens is 315 g/mol. The summed E-state index contributed by atoms with van der Waals surface area (Å²) in [5.74, 6) is 5.69. The first-order chi connectivity index (χ1) is 9.51. The molecule has 1 unspecified atom stereocenters. The van der Waals surface area contributed by atoms with E-state index in [4.69, 9.17) is 40.6 Å². The zero-order chi connectivity index (χ0) is 14.7. The van der Waals surface area contributed by atoms with Gasteiger partial charge in [-0.3, -0.25) is 11.3 Å². The highest BCUT2D eigenvalue weighted by Crippen LogP contribution is 2.28. The molecule has 2 aromatic carbocycles. The van der Waals surface area contributed by atoms with Crippen LogP contribution >= 0.6 is 34.8 Å². The van der Waals surface area contributed by atoms with Crippen LogP contribution in [0, 0.1) is 6.92 Å². The van der Waals surface area contributed by atoms with Gasteiger partial charge in [0.15, 0.2) is 0 Å². The predicted octanol–water partition coefficient (Wildman–Crippen LogP) is 4.70. The molecule has 0 bridgehead atoms. The molecule has 0 radical (unpaired) electrons. The fourth-order valence-corrected chi connectivity index (χ4v) is 2.74. The molecule has 2 rings (SSSR count). The van der Waals surface area contributed by atoms with E-state index in [1.165, 1.54) is 0 Å². The Morgan fingerprint density at radius 3 is 2.40 bits per heavy atom. The number of hydrazine groups is 1. The monoisotopic (exact) mass is 328 g/mol. The summed E-state index contributed by atoms with van der Waals surface area (Å²) in [6, 6.07) is 11.1. The highest BCUT2D eigenvalue weighted by molar-refractivity contribution is 6.33. The fourth-order valence-electron chi connectivity index (χ4n) is 2.17. The molecule has 106 valence electrons. The number of hydrogen-bond donors (Lipinski definition) is 2. The van der Waals surface area contributed by atoms with Crippen molar-refractivity contribution < 1.29 is 0 Å². The van der Waals surface area contributed by atoms with Crippen LogP contribution in [0.1, 0.15) is 22.7 Å². The third kappa shape index (κ3) is 3.66. The van der Waals surface area contributed by atoms with Crippen molar-refractivity contribution in [2.75, 3.05) is 0 Å². The van der Waals surface area contributed by atoms with Crippen LogP contribution in [0.5, 0.6) is 0 Å². The zero-order valence-corrected chi connectivity index (χ0v) is 13.2. The van der Waals surface area contributed by atoms with Gasteiger partial charge in [-0.25, -0.2) is 0 Å². The van der Waals surface area contributed by atoms with Gasteiger partial charge in [-0.15, -0.1) is 0 Å². The fraction of sp³-hybridized carbons (Fsp3) is 0.200. The van der Waals surface area contributed by atoms with Crippen LogP contribution in [0.2, 0.25) is 15.1 Å². The maximum absolute atomic E-state index is 6.20. The van der Waals surface area contributed by atoms with E-state index in [9.17, 15) is 0 Å². The quantitative estimate of drug-likeness (QED) is 0.630. The molecule has 0 aliphatic heterocycles. The Kier molecular flexibility index (Phi) is 5.30. The molecule has 0 amide bonds. The van der Waals surface area contributed by atoms with E-state index in [2.05, 4.69) is 5.43 Å². The predicted molar refractivity (Wildman–Crippen MR) is 86.4 cm³/mol. The summed E-state index contributed by atoms with van der Waals surface area (Å²) in [5.41, 5.74) is 5.94. The summed E-state index contributed by atoms with van der Waals surface area (Å²) >= 11 is 18.3. The molecule has 0 aliphatic carbocycles. The largest absolute Gasteiger partial charge is 0.271 e. The molecule has 0 saturated heterocycles. The van der Waals surface area contributed by atoms with E-state index < -0.39 is 0 Å². The molecule has 0 saturated carbocycles. The second-order valence-corrected chi connectivity index (χ2v) is 5.94. The highest BCUT2D eigenvalue weighted by atomic mass is 35.5. The number of nitrogens with one attached hydrogen (secondary N) is 1. The maximum atomic E-state index is 6.20. The molecule has 2 aromatic rings. The summed E-state index contributed by atoms with van der Waals surface area (Å²) in [7, 11) is 0. The lowest BCUT2D eigenvalue weighted by molar-refractivity contribution is 0.549. The van der Waals surface area contributed by atoms with Gasteiger partial charge in [0.2, 0.25) is 0 Å². The number of rotatable bonds is 4. The molecular formula is C15H15Cl3N2. The summed E-state index contributed by atoms with van der Waals surface area (Å²) in [6.07, 6.45) is 0.636. The SMILES string of the molecule is Cc1ccc(Cl)cc1C(Cc1cc(Cl)ccc1Cl)NN. The van der Waals surface area contributed by atoms with Gasteiger partial charge in [0.05, 0.1) is 6.04 Å². The molecule has 5 heteroatoms.